The zero-order valence-corrected chi connectivity index (χ0v) is 10.6. The molecule has 20 heavy (non-hydrogen) atoms. The second-order valence-electron chi connectivity index (χ2n) is 4.59. The minimum atomic E-state index is -1.52. The van der Waals surface area contributed by atoms with Gasteiger partial charge in [-0.15, -0.1) is 0 Å². The van der Waals surface area contributed by atoms with E-state index >= 15 is 0 Å². The van der Waals surface area contributed by atoms with E-state index in [1.165, 1.54) is 0 Å². The lowest BCUT2D eigenvalue weighted by molar-refractivity contribution is -0.252. The fourth-order valence-corrected chi connectivity index (χ4v) is 2.08. The van der Waals surface area contributed by atoms with E-state index in [2.05, 4.69) is 5.32 Å². The first-order valence-corrected chi connectivity index (χ1v) is 6.21. The van der Waals surface area contributed by atoms with Gasteiger partial charge in [0.05, 0.1) is 6.61 Å². The fourth-order valence-electron chi connectivity index (χ4n) is 2.08. The zero-order chi connectivity index (χ0) is 14.7. The predicted octanol–water partition coefficient (Wildman–Crippen LogP) is -1.78. The molecule has 2 rings (SSSR count). The summed E-state index contributed by atoms with van der Waals surface area (Å²) in [6, 6.07) is 7.07. The van der Waals surface area contributed by atoms with Crippen LogP contribution in [0.4, 0.5) is 0 Å². The van der Waals surface area contributed by atoms with Crippen molar-refractivity contribution in [2.24, 2.45) is 0 Å². The lowest BCUT2D eigenvalue weighted by Crippen LogP contribution is -2.64. The van der Waals surface area contributed by atoms with Crippen molar-refractivity contribution < 1.29 is 30.0 Å². The Morgan fingerprint density at radius 3 is 2.40 bits per heavy atom. The zero-order valence-electron chi connectivity index (χ0n) is 10.6. The largest absolute Gasteiger partial charge is 0.394 e. The van der Waals surface area contributed by atoms with Crippen LogP contribution in [-0.2, 0) is 4.74 Å². The van der Waals surface area contributed by atoms with Gasteiger partial charge in [-0.1, -0.05) is 18.2 Å². The molecule has 7 heteroatoms. The van der Waals surface area contributed by atoms with Gasteiger partial charge in [0.2, 0.25) is 0 Å². The first kappa shape index (κ1) is 14.9. The molecule has 0 saturated carbocycles. The van der Waals surface area contributed by atoms with Gasteiger partial charge >= 0.3 is 0 Å². The number of carbonyl (C=O) groups excluding carboxylic acids is 1. The van der Waals surface area contributed by atoms with Crippen LogP contribution in [0.5, 0.6) is 0 Å². The molecule has 0 aromatic heterocycles. The molecule has 0 spiro atoms. The molecule has 1 fully saturated rings. The molecule has 1 unspecified atom stereocenters. The summed E-state index contributed by atoms with van der Waals surface area (Å²) in [5, 5.41) is 40.7. The summed E-state index contributed by atoms with van der Waals surface area (Å²) < 4.78 is 4.95. The minimum absolute atomic E-state index is 0.352. The summed E-state index contributed by atoms with van der Waals surface area (Å²) in [4.78, 5) is 11.9. The number of hydrogen-bond acceptors (Lipinski definition) is 6. The number of carbonyl (C=O) groups is 1. The number of amides is 1. The predicted molar refractivity (Wildman–Crippen MR) is 67.7 cm³/mol. The van der Waals surface area contributed by atoms with E-state index in [0.717, 1.165) is 0 Å². The molecule has 1 amide bonds. The molecule has 0 aliphatic carbocycles. The van der Waals surface area contributed by atoms with Crippen LogP contribution < -0.4 is 5.32 Å². The quantitative estimate of drug-likeness (QED) is 0.447. The van der Waals surface area contributed by atoms with E-state index in [0.29, 0.717) is 5.56 Å². The lowest BCUT2D eigenvalue weighted by Gasteiger charge is -2.40. The lowest BCUT2D eigenvalue weighted by atomic mass is 9.97. The van der Waals surface area contributed by atoms with Crippen molar-refractivity contribution in [1.29, 1.82) is 0 Å². The van der Waals surface area contributed by atoms with Crippen molar-refractivity contribution in [1.82, 2.24) is 5.32 Å². The Labute approximate surface area is 115 Å². The van der Waals surface area contributed by atoms with Gasteiger partial charge in [0, 0.05) is 5.56 Å². The van der Waals surface area contributed by atoms with E-state index in [1.807, 2.05) is 0 Å². The number of aliphatic hydroxyl groups is 4. The molecule has 5 atom stereocenters. The summed E-state index contributed by atoms with van der Waals surface area (Å²) in [7, 11) is 0. The molecular weight excluding hydrogens is 266 g/mol. The highest BCUT2D eigenvalue weighted by atomic mass is 16.6. The minimum Gasteiger partial charge on any atom is -0.394 e. The third kappa shape index (κ3) is 2.97. The average molecular weight is 283 g/mol. The van der Waals surface area contributed by atoms with E-state index in [1.54, 1.807) is 30.3 Å². The van der Waals surface area contributed by atoms with Crippen molar-refractivity contribution in [3.63, 3.8) is 0 Å². The molecule has 1 aromatic carbocycles. The van der Waals surface area contributed by atoms with Crippen LogP contribution >= 0.6 is 0 Å². The molecular formula is C13H17NO6. The molecule has 110 valence electrons. The van der Waals surface area contributed by atoms with E-state index < -0.39 is 43.2 Å². The topological polar surface area (TPSA) is 119 Å². The summed E-state index contributed by atoms with van der Waals surface area (Å²) >= 11 is 0. The van der Waals surface area contributed by atoms with Gasteiger partial charge in [-0.2, -0.15) is 0 Å². The number of ether oxygens (including phenoxy) is 1. The molecule has 7 nitrogen and oxygen atoms in total. The van der Waals surface area contributed by atoms with E-state index in [4.69, 9.17) is 9.84 Å². The molecule has 1 aliphatic heterocycles. The van der Waals surface area contributed by atoms with E-state index in [9.17, 15) is 20.1 Å². The first-order valence-electron chi connectivity index (χ1n) is 6.21. The number of nitrogens with one attached hydrogen (secondary N) is 1. The van der Waals surface area contributed by atoms with Gasteiger partial charge < -0.3 is 30.5 Å². The summed E-state index contributed by atoms with van der Waals surface area (Å²) in [5.74, 6) is -0.507. The van der Waals surface area contributed by atoms with Gasteiger partial charge in [-0.3, -0.25) is 4.79 Å². The number of hydrogen-bond donors (Lipinski definition) is 5. The summed E-state index contributed by atoms with van der Waals surface area (Å²) in [5.41, 5.74) is 0.352. The fraction of sp³-hybridized carbons (Fsp3) is 0.462. The van der Waals surface area contributed by atoms with Crippen molar-refractivity contribution in [3.8, 4) is 0 Å². The number of rotatable bonds is 3. The second kappa shape index (κ2) is 6.29. The standard InChI is InChI=1S/C13H17NO6/c15-6-8-10(16)11(17)9(13(19)20-8)14-12(18)7-4-2-1-3-5-7/h1-5,8-11,13,15-17,19H,6H2,(H,14,18)/t8-,9-,10-,11-,13?/m1/s1. The molecule has 5 N–H and O–H groups in total. The van der Waals surface area contributed by atoms with Crippen molar-refractivity contribution >= 4 is 5.91 Å². The van der Waals surface area contributed by atoms with Gasteiger partial charge in [0.1, 0.15) is 24.4 Å². The van der Waals surface area contributed by atoms with Crippen LogP contribution in [0, 0.1) is 0 Å². The normalized spacial score (nSPS) is 33.7. The molecule has 1 heterocycles. The number of aliphatic hydroxyl groups excluding tert-OH is 4. The van der Waals surface area contributed by atoms with Crippen LogP contribution in [0.2, 0.25) is 0 Å². The Morgan fingerprint density at radius 1 is 1.15 bits per heavy atom. The Morgan fingerprint density at radius 2 is 1.80 bits per heavy atom. The second-order valence-corrected chi connectivity index (χ2v) is 4.59. The third-order valence-electron chi connectivity index (χ3n) is 3.23. The van der Waals surface area contributed by atoms with Gasteiger partial charge in [-0.05, 0) is 12.1 Å². The van der Waals surface area contributed by atoms with Crippen LogP contribution in [-0.4, -0.2) is 63.6 Å². The Bertz CT molecular complexity index is 453. The molecule has 1 aromatic rings. The highest BCUT2D eigenvalue weighted by Gasteiger charge is 2.44. The maximum Gasteiger partial charge on any atom is 0.251 e. The highest BCUT2D eigenvalue weighted by molar-refractivity contribution is 5.94. The van der Waals surface area contributed by atoms with Crippen LogP contribution in [0.15, 0.2) is 30.3 Å². The SMILES string of the molecule is O=C(N[C@H]1C(O)O[C@H](CO)[C@@H](O)[C@@H]1O)c1ccccc1. The molecule has 1 saturated heterocycles. The van der Waals surface area contributed by atoms with Gasteiger partial charge in [0.15, 0.2) is 6.29 Å². The van der Waals surface area contributed by atoms with Crippen molar-refractivity contribution in [2.75, 3.05) is 6.61 Å². The van der Waals surface area contributed by atoms with Crippen LogP contribution in [0.3, 0.4) is 0 Å². The van der Waals surface area contributed by atoms with E-state index in [-0.39, 0.29) is 0 Å². The van der Waals surface area contributed by atoms with Crippen LogP contribution in [0.1, 0.15) is 10.4 Å². The summed E-state index contributed by atoms with van der Waals surface area (Å²) in [6.07, 6.45) is -5.45. The maximum absolute atomic E-state index is 11.9. The molecule has 0 radical (unpaired) electrons. The maximum atomic E-state index is 11.9. The Hall–Kier alpha value is -1.51. The van der Waals surface area contributed by atoms with Gasteiger partial charge in [-0.25, -0.2) is 0 Å². The van der Waals surface area contributed by atoms with Crippen LogP contribution in [0.25, 0.3) is 0 Å². The van der Waals surface area contributed by atoms with Crippen molar-refractivity contribution in [3.05, 3.63) is 35.9 Å². The summed E-state index contributed by atoms with van der Waals surface area (Å²) in [6.45, 7) is -0.547. The molecule has 0 bridgehead atoms. The first-order chi connectivity index (χ1) is 9.54. The smallest absolute Gasteiger partial charge is 0.251 e. The highest BCUT2D eigenvalue weighted by Crippen LogP contribution is 2.20. The van der Waals surface area contributed by atoms with Gasteiger partial charge in [0.25, 0.3) is 5.91 Å². The monoisotopic (exact) mass is 283 g/mol. The van der Waals surface area contributed by atoms with Crippen molar-refractivity contribution in [2.45, 2.75) is 30.6 Å². The third-order valence-corrected chi connectivity index (χ3v) is 3.23. The number of benzene rings is 1. The Balaban J connectivity index is 2.07. The average Bonchev–Trinajstić information content (AvgIpc) is 2.48. The Kier molecular flexibility index (Phi) is 4.69. The molecule has 1 aliphatic rings.